The van der Waals surface area contributed by atoms with Gasteiger partial charge in [0, 0.05) is 17.7 Å². The monoisotopic (exact) mass is 580 g/mol. The summed E-state index contributed by atoms with van der Waals surface area (Å²) in [4.78, 5) is 5.16. The molecule has 0 N–H and O–H groups in total. The molecule has 4 heteroatoms. The molecule has 206 valence electrons. The summed E-state index contributed by atoms with van der Waals surface area (Å²) in [5.41, 5.74) is 2.42. The van der Waals surface area contributed by atoms with Crippen LogP contribution in [0.25, 0.3) is 75.7 Å². The maximum Gasteiger partial charge on any atom is 0.206 e. The minimum Gasteiger partial charge on any atom is -0.324 e. The van der Waals surface area contributed by atoms with Crippen LogP contribution in [0.3, 0.4) is 0 Å². The fourth-order valence-electron chi connectivity index (χ4n) is 7.75. The van der Waals surface area contributed by atoms with Crippen molar-refractivity contribution in [1.29, 1.82) is 0 Å². The third kappa shape index (κ3) is 2.97. The first-order valence-corrected chi connectivity index (χ1v) is 16.7. The van der Waals surface area contributed by atoms with Gasteiger partial charge in [-0.3, -0.25) is 0 Å². The fourth-order valence-corrected chi connectivity index (χ4v) is 10.8. The first-order valence-electron chi connectivity index (χ1n) is 15.0. The number of aromatic nitrogens is 2. The van der Waals surface area contributed by atoms with Crippen molar-refractivity contribution in [3.63, 3.8) is 0 Å². The van der Waals surface area contributed by atoms with Gasteiger partial charge in [0.25, 0.3) is 0 Å². The Hall–Kier alpha value is -5.24. The first kappa shape index (κ1) is 24.2. The van der Waals surface area contributed by atoms with Crippen LogP contribution in [0.1, 0.15) is 0 Å². The second-order valence-electron chi connectivity index (χ2n) is 12.0. The summed E-state index contributed by atoms with van der Waals surface area (Å²) >= 11 is 0. The molecule has 0 bridgehead atoms. The van der Waals surface area contributed by atoms with E-state index in [4.69, 9.17) is 4.98 Å². The average molecular weight is 581 g/mol. The van der Waals surface area contributed by atoms with Crippen LogP contribution < -0.4 is 16.2 Å². The lowest BCUT2D eigenvalue weighted by Gasteiger charge is -2.24. The van der Waals surface area contributed by atoms with E-state index in [9.17, 15) is 0 Å². The third-order valence-corrected chi connectivity index (χ3v) is 12.8. The maximum atomic E-state index is 16.6. The average Bonchev–Trinajstić information content (AvgIpc) is 3.42. The van der Waals surface area contributed by atoms with Crippen molar-refractivity contribution in [3.8, 4) is 0 Å². The Labute approximate surface area is 253 Å². The number of para-hydroxylation sites is 2. The molecule has 3 nitrogen and oxygen atoms in total. The lowest BCUT2D eigenvalue weighted by molar-refractivity contribution is 0.591. The quantitative estimate of drug-likeness (QED) is 0.154. The summed E-state index contributed by atoms with van der Waals surface area (Å²) in [6.07, 6.45) is 0. The van der Waals surface area contributed by atoms with Crippen LogP contribution in [0, 0.1) is 0 Å². The standard InChI is InChI=1S/C40H25N2OP/c1-42-33-11-3-2-10-32(33)41-40(42)44(43,34-22-18-28-14-12-24-6-4-8-26-16-20-30(34)38(28)36(24)26)35-23-19-29-15-13-25-7-5-9-27-17-21-31(35)39(29)37(25)27/h2-23H,1H3. The molecular formula is C40H25N2OP. The van der Waals surface area contributed by atoms with E-state index in [0.717, 1.165) is 54.0 Å². The fraction of sp³-hybridized carbons (Fsp3) is 0.0250. The highest BCUT2D eigenvalue weighted by Crippen LogP contribution is 2.49. The molecule has 0 fully saturated rings. The third-order valence-electron chi connectivity index (χ3n) is 9.73. The Morgan fingerprint density at radius 2 is 0.909 bits per heavy atom. The van der Waals surface area contributed by atoms with E-state index in [2.05, 4.69) is 115 Å². The van der Waals surface area contributed by atoms with Gasteiger partial charge >= 0.3 is 0 Å². The van der Waals surface area contributed by atoms with Crippen molar-refractivity contribution in [2.24, 2.45) is 7.05 Å². The lowest BCUT2D eigenvalue weighted by Crippen LogP contribution is -2.31. The molecule has 0 saturated carbocycles. The van der Waals surface area contributed by atoms with E-state index in [1.807, 2.05) is 29.8 Å². The highest BCUT2D eigenvalue weighted by Gasteiger charge is 2.38. The smallest absolute Gasteiger partial charge is 0.206 e. The van der Waals surface area contributed by atoms with Gasteiger partial charge < -0.3 is 9.13 Å². The Kier molecular flexibility index (Phi) is 4.65. The van der Waals surface area contributed by atoms with Crippen LogP contribution >= 0.6 is 7.14 Å². The van der Waals surface area contributed by atoms with E-state index in [0.29, 0.717) is 5.57 Å². The van der Waals surface area contributed by atoms with Crippen molar-refractivity contribution in [3.05, 3.63) is 133 Å². The van der Waals surface area contributed by atoms with Crippen molar-refractivity contribution < 1.29 is 4.57 Å². The largest absolute Gasteiger partial charge is 0.324 e. The van der Waals surface area contributed by atoms with Crippen LogP contribution in [-0.4, -0.2) is 9.55 Å². The number of hydrogen-bond donors (Lipinski definition) is 0. The zero-order valence-corrected chi connectivity index (χ0v) is 24.8. The molecule has 1 heterocycles. The normalized spacial score (nSPS) is 12.8. The van der Waals surface area contributed by atoms with Gasteiger partial charge in [-0.1, -0.05) is 109 Å². The zero-order valence-electron chi connectivity index (χ0n) is 24.0. The number of hydrogen-bond acceptors (Lipinski definition) is 2. The van der Waals surface area contributed by atoms with E-state index in [1.54, 1.807) is 0 Å². The van der Waals surface area contributed by atoms with Gasteiger partial charge in [0.1, 0.15) is 0 Å². The minimum absolute atomic E-state index is 0.601. The molecule has 1 aromatic heterocycles. The molecule has 0 unspecified atom stereocenters. The Bertz CT molecular complexity index is 2640. The minimum atomic E-state index is -3.55. The zero-order chi connectivity index (χ0) is 29.2. The molecule has 0 atom stereocenters. The highest BCUT2D eigenvalue weighted by molar-refractivity contribution is 7.85. The SMILES string of the molecule is Cn1c(P(=O)(c2ccc3ccc4cccc5ccc2c3c45)c2ccc3ccc4cccc5ccc2c3c45)nc2ccccc21. The first-order chi connectivity index (χ1) is 21.6. The second-order valence-corrected chi connectivity index (χ2v) is 14.5. The number of fused-ring (bicyclic) bond motifs is 1. The Morgan fingerprint density at radius 1 is 0.477 bits per heavy atom. The number of aryl methyl sites for hydroxylation is 1. The summed E-state index contributed by atoms with van der Waals surface area (Å²) in [6.45, 7) is 0. The Morgan fingerprint density at radius 3 is 1.41 bits per heavy atom. The highest BCUT2D eigenvalue weighted by atomic mass is 31.2. The summed E-state index contributed by atoms with van der Waals surface area (Å²) in [5.74, 6) is 0. The van der Waals surface area contributed by atoms with Gasteiger partial charge in [-0.05, 0) is 88.9 Å². The molecule has 0 saturated heterocycles. The second kappa shape index (κ2) is 8.44. The molecule has 9 aromatic carbocycles. The molecular weight excluding hydrogens is 555 g/mol. The van der Waals surface area contributed by atoms with E-state index in [1.165, 1.54) is 32.3 Å². The molecule has 0 amide bonds. The molecule has 0 aliphatic carbocycles. The number of nitrogens with zero attached hydrogens (tertiary/aromatic N) is 2. The van der Waals surface area contributed by atoms with Crippen molar-refractivity contribution in [2.75, 3.05) is 0 Å². The number of rotatable bonds is 3. The molecule has 10 rings (SSSR count). The predicted molar refractivity (Wildman–Crippen MR) is 188 cm³/mol. The van der Waals surface area contributed by atoms with Crippen LogP contribution in [-0.2, 0) is 11.6 Å². The summed E-state index contributed by atoms with van der Waals surface area (Å²) in [5, 5.41) is 15.5. The van der Waals surface area contributed by atoms with Crippen LogP contribution in [0.5, 0.6) is 0 Å². The molecule has 44 heavy (non-hydrogen) atoms. The van der Waals surface area contributed by atoms with Gasteiger partial charge in [-0.25, -0.2) is 4.98 Å². The maximum absolute atomic E-state index is 16.6. The van der Waals surface area contributed by atoms with Crippen molar-refractivity contribution >= 4 is 99.0 Å². The summed E-state index contributed by atoms with van der Waals surface area (Å²) in [6, 6.07) is 46.9. The van der Waals surface area contributed by atoms with Crippen LogP contribution in [0.2, 0.25) is 0 Å². The van der Waals surface area contributed by atoms with E-state index in [-0.39, 0.29) is 0 Å². The lowest BCUT2D eigenvalue weighted by atomic mass is 9.94. The van der Waals surface area contributed by atoms with Gasteiger partial charge in [0.15, 0.2) is 5.57 Å². The predicted octanol–water partition coefficient (Wildman–Crippen LogP) is 9.01. The number of imidazole rings is 1. The molecule has 0 spiro atoms. The topological polar surface area (TPSA) is 34.9 Å². The molecule has 0 radical (unpaired) electrons. The van der Waals surface area contributed by atoms with Crippen LogP contribution in [0.4, 0.5) is 0 Å². The van der Waals surface area contributed by atoms with E-state index >= 15 is 4.57 Å². The van der Waals surface area contributed by atoms with Crippen molar-refractivity contribution in [2.45, 2.75) is 0 Å². The van der Waals surface area contributed by atoms with Crippen LogP contribution in [0.15, 0.2) is 133 Å². The van der Waals surface area contributed by atoms with Gasteiger partial charge in [0.05, 0.1) is 11.0 Å². The van der Waals surface area contributed by atoms with E-state index < -0.39 is 7.14 Å². The number of benzene rings is 9. The summed E-state index contributed by atoms with van der Waals surface area (Å²) < 4.78 is 18.7. The van der Waals surface area contributed by atoms with Crippen molar-refractivity contribution in [1.82, 2.24) is 9.55 Å². The molecule has 0 aliphatic heterocycles. The Balaban J connectivity index is 1.41. The molecule has 0 aliphatic rings. The van der Waals surface area contributed by atoms with Gasteiger partial charge in [-0.15, -0.1) is 0 Å². The molecule has 10 aromatic rings. The van der Waals surface area contributed by atoms with Gasteiger partial charge in [0.2, 0.25) is 7.14 Å². The van der Waals surface area contributed by atoms with Gasteiger partial charge in [-0.2, -0.15) is 0 Å². The summed E-state index contributed by atoms with van der Waals surface area (Å²) in [7, 11) is -1.55.